The van der Waals surface area contributed by atoms with Gasteiger partial charge in [-0.05, 0) is 51.9 Å². The summed E-state index contributed by atoms with van der Waals surface area (Å²) in [5.74, 6) is 0. The molecule has 0 bridgehead atoms. The first kappa shape index (κ1) is 14.8. The minimum absolute atomic E-state index is 0.375. The van der Waals surface area contributed by atoms with Crippen LogP contribution in [-0.4, -0.2) is 9.38 Å². The van der Waals surface area contributed by atoms with Crippen LogP contribution in [0.25, 0.3) is 16.8 Å². The highest BCUT2D eigenvalue weighted by Crippen LogP contribution is 2.31. The Hall–Kier alpha value is -2.08. The SMILES string of the molecule is N#Cc1cc(-c2ccc(C(F)(F)F)cc2)cn2c(I)cnc12. The van der Waals surface area contributed by atoms with Gasteiger partial charge in [0.1, 0.15) is 9.77 Å². The van der Waals surface area contributed by atoms with E-state index in [9.17, 15) is 18.4 Å². The molecular formula is C15H7F3IN3. The van der Waals surface area contributed by atoms with Gasteiger partial charge in [0.05, 0.1) is 17.3 Å². The molecular weight excluding hydrogens is 406 g/mol. The fraction of sp³-hybridized carbons (Fsp3) is 0.0667. The van der Waals surface area contributed by atoms with E-state index in [-0.39, 0.29) is 0 Å². The molecule has 0 aliphatic rings. The van der Waals surface area contributed by atoms with Crippen LogP contribution in [0.1, 0.15) is 11.1 Å². The minimum Gasteiger partial charge on any atom is -0.293 e. The van der Waals surface area contributed by atoms with Crippen molar-refractivity contribution >= 4 is 28.2 Å². The Morgan fingerprint density at radius 1 is 1.14 bits per heavy atom. The molecule has 0 atom stereocenters. The van der Waals surface area contributed by atoms with Gasteiger partial charge in [0.2, 0.25) is 0 Å². The Kier molecular flexibility index (Phi) is 3.56. The molecule has 0 N–H and O–H groups in total. The van der Waals surface area contributed by atoms with Crippen LogP contribution in [0.3, 0.4) is 0 Å². The lowest BCUT2D eigenvalue weighted by molar-refractivity contribution is -0.137. The second-order valence-corrected chi connectivity index (χ2v) is 5.71. The third-order valence-corrected chi connectivity index (χ3v) is 4.02. The summed E-state index contributed by atoms with van der Waals surface area (Å²) >= 11 is 2.08. The fourth-order valence-corrected chi connectivity index (χ4v) is 2.66. The van der Waals surface area contributed by atoms with Gasteiger partial charge in [-0.3, -0.25) is 4.40 Å². The summed E-state index contributed by atoms with van der Waals surface area (Å²) in [7, 11) is 0. The second-order valence-electron chi connectivity index (χ2n) is 4.60. The van der Waals surface area contributed by atoms with Crippen molar-refractivity contribution in [1.29, 1.82) is 5.26 Å². The van der Waals surface area contributed by atoms with E-state index in [1.165, 1.54) is 12.1 Å². The lowest BCUT2D eigenvalue weighted by Gasteiger charge is -2.09. The summed E-state index contributed by atoms with van der Waals surface area (Å²) < 4.78 is 40.4. The van der Waals surface area contributed by atoms with Gasteiger partial charge in [-0.15, -0.1) is 0 Å². The van der Waals surface area contributed by atoms with Crippen molar-refractivity contribution in [3.63, 3.8) is 0 Å². The number of pyridine rings is 1. The topological polar surface area (TPSA) is 41.1 Å². The summed E-state index contributed by atoms with van der Waals surface area (Å²) in [5, 5.41) is 9.21. The van der Waals surface area contributed by atoms with Gasteiger partial charge in [0.15, 0.2) is 5.65 Å². The lowest BCUT2D eigenvalue weighted by Crippen LogP contribution is -2.04. The first-order valence-electron chi connectivity index (χ1n) is 6.14. The molecule has 0 fully saturated rings. The Balaban J connectivity index is 2.14. The van der Waals surface area contributed by atoms with E-state index in [1.807, 2.05) is 0 Å². The predicted octanol–water partition coefficient (Wildman–Crippen LogP) is 4.50. The Morgan fingerprint density at radius 2 is 1.82 bits per heavy atom. The summed E-state index contributed by atoms with van der Waals surface area (Å²) in [6, 6.07) is 8.55. The molecule has 0 saturated carbocycles. The summed E-state index contributed by atoms with van der Waals surface area (Å²) in [6.45, 7) is 0. The number of rotatable bonds is 1. The van der Waals surface area contributed by atoms with E-state index in [0.29, 0.717) is 22.3 Å². The molecule has 0 aliphatic heterocycles. The van der Waals surface area contributed by atoms with Gasteiger partial charge >= 0.3 is 6.18 Å². The molecule has 3 nitrogen and oxygen atoms in total. The molecule has 7 heteroatoms. The molecule has 0 radical (unpaired) electrons. The lowest BCUT2D eigenvalue weighted by atomic mass is 10.0. The number of halogens is 4. The van der Waals surface area contributed by atoms with Crippen molar-refractivity contribution in [2.75, 3.05) is 0 Å². The van der Waals surface area contributed by atoms with Crippen LogP contribution < -0.4 is 0 Å². The summed E-state index contributed by atoms with van der Waals surface area (Å²) in [4.78, 5) is 4.15. The molecule has 0 unspecified atom stereocenters. The fourth-order valence-electron chi connectivity index (χ4n) is 2.15. The molecule has 110 valence electrons. The van der Waals surface area contributed by atoms with Crippen LogP contribution >= 0.6 is 22.6 Å². The second kappa shape index (κ2) is 5.28. The maximum atomic E-state index is 12.6. The number of benzene rings is 1. The van der Waals surface area contributed by atoms with Crippen LogP contribution in [0.4, 0.5) is 13.2 Å². The average Bonchev–Trinajstić information content (AvgIpc) is 2.87. The molecule has 0 saturated heterocycles. The molecule has 22 heavy (non-hydrogen) atoms. The zero-order valence-corrected chi connectivity index (χ0v) is 13.1. The zero-order chi connectivity index (χ0) is 15.9. The van der Waals surface area contributed by atoms with Gasteiger partial charge in [0, 0.05) is 6.20 Å². The zero-order valence-electron chi connectivity index (χ0n) is 10.9. The molecule has 2 heterocycles. The highest BCUT2D eigenvalue weighted by molar-refractivity contribution is 14.1. The third kappa shape index (κ3) is 2.54. The number of alkyl halides is 3. The quantitative estimate of drug-likeness (QED) is 0.552. The van der Waals surface area contributed by atoms with Gasteiger partial charge in [-0.2, -0.15) is 18.4 Å². The molecule has 0 aliphatic carbocycles. The monoisotopic (exact) mass is 413 g/mol. The first-order chi connectivity index (χ1) is 10.4. The summed E-state index contributed by atoms with van der Waals surface area (Å²) in [5.41, 5.74) is 1.47. The number of hydrogen-bond acceptors (Lipinski definition) is 2. The van der Waals surface area contributed by atoms with Gasteiger partial charge in [0.25, 0.3) is 0 Å². The van der Waals surface area contributed by atoms with Gasteiger partial charge in [-0.25, -0.2) is 4.98 Å². The van der Waals surface area contributed by atoms with Crippen molar-refractivity contribution in [1.82, 2.24) is 9.38 Å². The molecule has 3 rings (SSSR count). The average molecular weight is 413 g/mol. The molecule has 3 aromatic rings. The van der Waals surface area contributed by atoms with Gasteiger partial charge in [-0.1, -0.05) is 12.1 Å². The molecule has 2 aromatic heterocycles. The number of nitriles is 1. The maximum absolute atomic E-state index is 12.6. The van der Waals surface area contributed by atoms with Crippen LogP contribution in [0.2, 0.25) is 0 Å². The smallest absolute Gasteiger partial charge is 0.293 e. The van der Waals surface area contributed by atoms with Crippen LogP contribution in [0, 0.1) is 15.0 Å². The standard InChI is InChI=1S/C15H7F3IN3/c16-15(17,18)12-3-1-9(2-4-12)11-5-10(6-20)14-21-7-13(19)22(14)8-11/h1-5,7-8H. The van der Waals surface area contributed by atoms with Crippen molar-refractivity contribution < 1.29 is 13.2 Å². The van der Waals surface area contributed by atoms with E-state index < -0.39 is 11.7 Å². The van der Waals surface area contributed by atoms with E-state index in [4.69, 9.17) is 0 Å². The maximum Gasteiger partial charge on any atom is 0.416 e. The number of fused-ring (bicyclic) bond motifs is 1. The molecule has 1 aromatic carbocycles. The predicted molar refractivity (Wildman–Crippen MR) is 83.1 cm³/mol. The molecule has 0 spiro atoms. The highest BCUT2D eigenvalue weighted by atomic mass is 127. The first-order valence-corrected chi connectivity index (χ1v) is 7.22. The minimum atomic E-state index is -4.36. The normalized spacial score (nSPS) is 11.6. The molecule has 0 amide bonds. The van der Waals surface area contributed by atoms with Crippen molar-refractivity contribution in [3.8, 4) is 17.2 Å². The third-order valence-electron chi connectivity index (χ3n) is 3.23. The van der Waals surface area contributed by atoms with E-state index in [1.54, 1.807) is 22.9 Å². The Morgan fingerprint density at radius 3 is 2.41 bits per heavy atom. The Labute approximate surface area is 137 Å². The number of imidazole rings is 1. The largest absolute Gasteiger partial charge is 0.416 e. The van der Waals surface area contributed by atoms with Gasteiger partial charge < -0.3 is 0 Å². The van der Waals surface area contributed by atoms with E-state index in [2.05, 4.69) is 33.6 Å². The van der Waals surface area contributed by atoms with Crippen molar-refractivity contribution in [2.45, 2.75) is 6.18 Å². The number of nitrogens with zero attached hydrogens (tertiary/aromatic N) is 3. The summed E-state index contributed by atoms with van der Waals surface area (Å²) in [6.07, 6.45) is -0.971. The van der Waals surface area contributed by atoms with Crippen molar-refractivity contribution in [3.05, 3.63) is 57.6 Å². The van der Waals surface area contributed by atoms with Crippen LogP contribution in [-0.2, 0) is 6.18 Å². The Bertz CT molecular complexity index is 889. The van der Waals surface area contributed by atoms with E-state index in [0.717, 1.165) is 15.8 Å². The van der Waals surface area contributed by atoms with Crippen LogP contribution in [0.15, 0.2) is 42.7 Å². The van der Waals surface area contributed by atoms with Crippen LogP contribution in [0.5, 0.6) is 0 Å². The number of aromatic nitrogens is 2. The highest BCUT2D eigenvalue weighted by Gasteiger charge is 2.30. The van der Waals surface area contributed by atoms with Crippen molar-refractivity contribution in [2.24, 2.45) is 0 Å². The number of hydrogen-bond donors (Lipinski definition) is 0. The van der Waals surface area contributed by atoms with E-state index >= 15 is 0 Å².